The summed E-state index contributed by atoms with van der Waals surface area (Å²) in [6.45, 7) is 1.03. The highest BCUT2D eigenvalue weighted by Crippen LogP contribution is 2.35. The van der Waals surface area contributed by atoms with Crippen molar-refractivity contribution in [2.24, 2.45) is 0 Å². The number of nitrogens with zero attached hydrogens (tertiary/aromatic N) is 2. The lowest BCUT2D eigenvalue weighted by Crippen LogP contribution is -2.51. The van der Waals surface area contributed by atoms with Gasteiger partial charge in [0.05, 0.1) is 27.0 Å². The maximum atomic E-state index is 13.4. The summed E-state index contributed by atoms with van der Waals surface area (Å²) in [7, 11) is -2.55. The number of amides is 2. The molecule has 0 aromatic heterocycles. The summed E-state index contributed by atoms with van der Waals surface area (Å²) in [6, 6.07) is 7.07. The van der Waals surface area contributed by atoms with Crippen molar-refractivity contribution in [2.45, 2.75) is 25.9 Å². The second-order valence-corrected chi connectivity index (χ2v) is 10.3. The van der Waals surface area contributed by atoms with E-state index in [2.05, 4.69) is 5.32 Å². The summed E-state index contributed by atoms with van der Waals surface area (Å²) < 4.78 is 39.3. The Balaban J connectivity index is 2.49. The van der Waals surface area contributed by atoms with Gasteiger partial charge in [-0.25, -0.2) is 12.8 Å². The van der Waals surface area contributed by atoms with Crippen LogP contribution in [-0.4, -0.2) is 51.0 Å². The van der Waals surface area contributed by atoms with E-state index in [1.807, 2.05) is 0 Å². The topological polar surface area (TPSA) is 86.8 Å². The molecule has 2 amide bonds. The van der Waals surface area contributed by atoms with Crippen LogP contribution in [-0.2, 0) is 26.2 Å². The second kappa shape index (κ2) is 11.4. The third kappa shape index (κ3) is 6.96. The Labute approximate surface area is 207 Å². The van der Waals surface area contributed by atoms with Crippen LogP contribution in [0.15, 0.2) is 36.4 Å². The number of sulfonamides is 1. The third-order valence-electron chi connectivity index (χ3n) is 4.84. The third-order valence-corrected chi connectivity index (χ3v) is 6.99. The first-order chi connectivity index (χ1) is 15.4. The van der Waals surface area contributed by atoms with Gasteiger partial charge in [0.25, 0.3) is 0 Å². The minimum atomic E-state index is -3.99. The summed E-state index contributed by atoms with van der Waals surface area (Å²) in [6.07, 6.45) is 1.18. The number of carbonyl (C=O) groups excluding carboxylic acids is 2. The van der Waals surface area contributed by atoms with Crippen LogP contribution in [0.1, 0.15) is 18.9 Å². The summed E-state index contributed by atoms with van der Waals surface area (Å²) in [5.74, 6) is -1.54. The van der Waals surface area contributed by atoms with Crippen molar-refractivity contribution < 1.29 is 22.4 Å². The number of benzene rings is 2. The zero-order chi connectivity index (χ0) is 24.9. The summed E-state index contributed by atoms with van der Waals surface area (Å²) in [4.78, 5) is 27.1. The average Bonchev–Trinajstić information content (AvgIpc) is 2.74. The van der Waals surface area contributed by atoms with E-state index in [4.69, 9.17) is 34.8 Å². The van der Waals surface area contributed by atoms with E-state index in [0.717, 1.165) is 10.6 Å². The fourth-order valence-electron chi connectivity index (χ4n) is 3.17. The van der Waals surface area contributed by atoms with Gasteiger partial charge < -0.3 is 10.2 Å². The Morgan fingerprint density at radius 2 is 1.64 bits per heavy atom. The van der Waals surface area contributed by atoms with E-state index in [-0.39, 0.29) is 33.7 Å². The molecule has 0 saturated heterocycles. The highest BCUT2D eigenvalue weighted by molar-refractivity contribution is 7.92. The molecule has 2 aromatic carbocycles. The van der Waals surface area contributed by atoms with Crippen molar-refractivity contribution in [3.63, 3.8) is 0 Å². The molecule has 12 heteroatoms. The molecule has 0 bridgehead atoms. The monoisotopic (exact) mass is 537 g/mol. The van der Waals surface area contributed by atoms with Gasteiger partial charge in [0.15, 0.2) is 0 Å². The number of carbonyl (C=O) groups is 2. The predicted octanol–water partition coefficient (Wildman–Crippen LogP) is 4.11. The van der Waals surface area contributed by atoms with E-state index in [1.165, 1.54) is 48.3 Å². The van der Waals surface area contributed by atoms with Crippen molar-refractivity contribution in [3.8, 4) is 0 Å². The van der Waals surface area contributed by atoms with Crippen LogP contribution in [0.5, 0.6) is 0 Å². The van der Waals surface area contributed by atoms with Crippen LogP contribution in [0, 0.1) is 5.82 Å². The number of hydrogen-bond acceptors (Lipinski definition) is 4. The fraction of sp³-hybridized carbons (Fsp3) is 0.333. The number of halogens is 4. The van der Waals surface area contributed by atoms with Gasteiger partial charge in [0, 0.05) is 13.6 Å². The molecule has 1 N–H and O–H groups in total. The Kier molecular flexibility index (Phi) is 9.37. The lowest BCUT2D eigenvalue weighted by molar-refractivity contribution is -0.140. The van der Waals surface area contributed by atoms with Gasteiger partial charge in [-0.15, -0.1) is 0 Å². The van der Waals surface area contributed by atoms with Gasteiger partial charge in [0.1, 0.15) is 18.4 Å². The van der Waals surface area contributed by atoms with Crippen LogP contribution >= 0.6 is 34.8 Å². The molecule has 0 radical (unpaired) electrons. The number of anilines is 1. The quantitative estimate of drug-likeness (QED) is 0.487. The number of nitrogens with one attached hydrogen (secondary N) is 1. The average molecular weight is 539 g/mol. The molecule has 0 fully saturated rings. The molecular formula is C21H23Cl3FN3O4S. The first-order valence-electron chi connectivity index (χ1n) is 9.76. The molecule has 0 aliphatic carbocycles. The van der Waals surface area contributed by atoms with Gasteiger partial charge in [0.2, 0.25) is 21.8 Å². The lowest BCUT2D eigenvalue weighted by Gasteiger charge is -2.32. The smallest absolute Gasteiger partial charge is 0.244 e. The zero-order valence-electron chi connectivity index (χ0n) is 18.1. The minimum absolute atomic E-state index is 0.0222. The fourth-order valence-corrected chi connectivity index (χ4v) is 4.72. The molecular weight excluding hydrogens is 516 g/mol. The van der Waals surface area contributed by atoms with Crippen LogP contribution in [0.3, 0.4) is 0 Å². The molecule has 33 heavy (non-hydrogen) atoms. The van der Waals surface area contributed by atoms with Gasteiger partial charge in [-0.05, 0) is 36.2 Å². The SMILES string of the molecule is CC[C@H](C(=O)NC)N(Cc1ccc(F)cc1)C(=O)CN(c1cc(Cl)c(Cl)cc1Cl)S(C)(=O)=O. The first-order valence-corrected chi connectivity index (χ1v) is 12.7. The summed E-state index contributed by atoms with van der Waals surface area (Å²) in [5, 5.41) is 2.66. The zero-order valence-corrected chi connectivity index (χ0v) is 21.2. The molecule has 0 aliphatic rings. The Morgan fingerprint density at radius 1 is 1.06 bits per heavy atom. The molecule has 7 nitrogen and oxygen atoms in total. The number of rotatable bonds is 9. The Hall–Kier alpha value is -2.07. The van der Waals surface area contributed by atoms with Gasteiger partial charge >= 0.3 is 0 Å². The molecule has 0 spiro atoms. The van der Waals surface area contributed by atoms with Gasteiger partial charge in [-0.1, -0.05) is 53.9 Å². The van der Waals surface area contributed by atoms with E-state index >= 15 is 0 Å². The second-order valence-electron chi connectivity index (χ2n) is 7.17. The molecule has 0 aliphatic heterocycles. The van der Waals surface area contributed by atoms with E-state index in [0.29, 0.717) is 5.56 Å². The number of likely N-dealkylation sites (N-methyl/N-ethyl adjacent to an activating group) is 1. The van der Waals surface area contributed by atoms with Crippen LogP contribution in [0.4, 0.5) is 10.1 Å². The van der Waals surface area contributed by atoms with E-state index in [9.17, 15) is 22.4 Å². The van der Waals surface area contributed by atoms with Crippen molar-refractivity contribution in [1.82, 2.24) is 10.2 Å². The molecule has 0 unspecified atom stereocenters. The number of hydrogen-bond donors (Lipinski definition) is 1. The van der Waals surface area contributed by atoms with E-state index < -0.39 is 40.2 Å². The standard InChI is InChI=1S/C21H23Cl3FN3O4S/c1-4-18(21(30)26-2)27(11-13-5-7-14(25)8-6-13)20(29)12-28(33(3,31)32)19-10-16(23)15(22)9-17(19)24/h5-10,18H,4,11-12H2,1-3H3,(H,26,30)/t18-/m1/s1. The predicted molar refractivity (Wildman–Crippen MR) is 129 cm³/mol. The summed E-state index contributed by atoms with van der Waals surface area (Å²) >= 11 is 18.2. The Morgan fingerprint density at radius 3 is 2.15 bits per heavy atom. The largest absolute Gasteiger partial charge is 0.357 e. The molecule has 180 valence electrons. The van der Waals surface area contributed by atoms with Crippen LogP contribution in [0.25, 0.3) is 0 Å². The van der Waals surface area contributed by atoms with E-state index in [1.54, 1.807) is 6.92 Å². The molecule has 0 saturated carbocycles. The molecule has 1 atom stereocenters. The summed E-state index contributed by atoms with van der Waals surface area (Å²) in [5.41, 5.74) is 0.530. The lowest BCUT2D eigenvalue weighted by atomic mass is 10.1. The Bertz CT molecular complexity index is 1130. The van der Waals surface area contributed by atoms with Gasteiger partial charge in [-0.3, -0.25) is 13.9 Å². The van der Waals surface area contributed by atoms with Crippen molar-refractivity contribution in [1.29, 1.82) is 0 Å². The van der Waals surface area contributed by atoms with Crippen molar-refractivity contribution in [2.75, 3.05) is 24.2 Å². The molecule has 2 rings (SSSR count). The highest BCUT2D eigenvalue weighted by Gasteiger charge is 2.32. The minimum Gasteiger partial charge on any atom is -0.357 e. The van der Waals surface area contributed by atoms with Crippen LogP contribution in [0.2, 0.25) is 15.1 Å². The maximum absolute atomic E-state index is 13.4. The maximum Gasteiger partial charge on any atom is 0.244 e. The van der Waals surface area contributed by atoms with Crippen molar-refractivity contribution in [3.05, 3.63) is 62.8 Å². The normalized spacial score (nSPS) is 12.2. The van der Waals surface area contributed by atoms with Crippen LogP contribution < -0.4 is 9.62 Å². The molecule has 0 heterocycles. The van der Waals surface area contributed by atoms with Crippen molar-refractivity contribution >= 4 is 62.3 Å². The first kappa shape index (κ1) is 27.2. The highest BCUT2D eigenvalue weighted by atomic mass is 35.5. The molecule has 2 aromatic rings. The van der Waals surface area contributed by atoms with Gasteiger partial charge in [-0.2, -0.15) is 0 Å².